The number of piperidine rings is 1. The first-order chi connectivity index (χ1) is 15.0. The van der Waals surface area contributed by atoms with Gasteiger partial charge >= 0.3 is 6.03 Å². The lowest BCUT2D eigenvalue weighted by atomic mass is 9.52. The standard InChI is InChI=1S/C26H35N3O2/c30-25(27-24-19-7-16-8-20(24)13-26(31,11-16)12-19)29-21-5-6-22(29)10-23(9-21)28-14-17-3-1-2-4-18(17)15-28/h1-4,16,19-24,31H,5-15H2,(H,27,30)/t16?,19?,20?,21-,22?,23?,24?,26?/m0/s1. The molecular formula is C26H35N3O2. The molecule has 0 spiro atoms. The lowest BCUT2D eigenvalue weighted by molar-refractivity contribution is -0.137. The molecule has 5 atom stereocenters. The topological polar surface area (TPSA) is 55.8 Å². The third-order valence-electron chi connectivity index (χ3n) is 9.86. The van der Waals surface area contributed by atoms with E-state index < -0.39 is 5.60 Å². The van der Waals surface area contributed by atoms with Crippen molar-refractivity contribution in [3.8, 4) is 0 Å². The molecule has 0 aromatic heterocycles. The van der Waals surface area contributed by atoms with Gasteiger partial charge in [0.15, 0.2) is 0 Å². The summed E-state index contributed by atoms with van der Waals surface area (Å²) in [7, 11) is 0. The van der Waals surface area contributed by atoms with Gasteiger partial charge in [-0.3, -0.25) is 4.90 Å². The monoisotopic (exact) mass is 421 g/mol. The van der Waals surface area contributed by atoms with E-state index in [0.717, 1.165) is 58.0 Å². The minimum absolute atomic E-state index is 0.195. The van der Waals surface area contributed by atoms with Gasteiger partial charge in [-0.05, 0) is 86.7 Å². The minimum atomic E-state index is -0.428. The highest BCUT2D eigenvalue weighted by Gasteiger charge is 2.56. The molecule has 5 heteroatoms. The zero-order valence-electron chi connectivity index (χ0n) is 18.4. The van der Waals surface area contributed by atoms with Gasteiger partial charge in [0.05, 0.1) is 5.60 Å². The molecule has 1 aromatic carbocycles. The Hall–Kier alpha value is -1.59. The number of fused-ring (bicyclic) bond motifs is 3. The third-order valence-corrected chi connectivity index (χ3v) is 9.86. The van der Waals surface area contributed by atoms with Gasteiger partial charge in [0.2, 0.25) is 0 Å². The van der Waals surface area contributed by atoms with Crippen LogP contribution < -0.4 is 5.32 Å². The number of carbonyl (C=O) groups excluding carboxylic acids is 1. The van der Waals surface area contributed by atoms with Crippen LogP contribution in [-0.2, 0) is 13.1 Å². The summed E-state index contributed by atoms with van der Waals surface area (Å²) >= 11 is 0. The van der Waals surface area contributed by atoms with Crippen molar-refractivity contribution in [2.75, 3.05) is 0 Å². The summed E-state index contributed by atoms with van der Waals surface area (Å²) in [6.07, 6.45) is 9.77. The lowest BCUT2D eigenvalue weighted by Gasteiger charge is -2.58. The van der Waals surface area contributed by atoms with Gasteiger partial charge in [-0.25, -0.2) is 4.79 Å². The van der Waals surface area contributed by atoms with Crippen molar-refractivity contribution in [2.24, 2.45) is 17.8 Å². The Morgan fingerprint density at radius 1 is 0.903 bits per heavy atom. The Kier molecular flexibility index (Phi) is 4.10. The minimum Gasteiger partial charge on any atom is -0.390 e. The van der Waals surface area contributed by atoms with E-state index in [4.69, 9.17) is 0 Å². The van der Waals surface area contributed by atoms with Crippen molar-refractivity contribution in [2.45, 2.75) is 101 Å². The quantitative estimate of drug-likeness (QED) is 0.767. The van der Waals surface area contributed by atoms with E-state index in [9.17, 15) is 9.90 Å². The van der Waals surface area contributed by atoms with Gasteiger partial charge < -0.3 is 15.3 Å². The van der Waals surface area contributed by atoms with Crippen molar-refractivity contribution in [3.63, 3.8) is 0 Å². The number of aliphatic hydroxyl groups is 1. The van der Waals surface area contributed by atoms with Gasteiger partial charge in [0.25, 0.3) is 0 Å². The molecule has 1 aromatic rings. The highest BCUT2D eigenvalue weighted by molar-refractivity contribution is 5.76. The highest BCUT2D eigenvalue weighted by atomic mass is 16.3. The Morgan fingerprint density at radius 3 is 2.10 bits per heavy atom. The number of benzene rings is 1. The van der Waals surface area contributed by atoms with Crippen LogP contribution in [0.3, 0.4) is 0 Å². The molecule has 5 nitrogen and oxygen atoms in total. The zero-order valence-corrected chi connectivity index (χ0v) is 18.4. The predicted molar refractivity (Wildman–Crippen MR) is 118 cm³/mol. The van der Waals surface area contributed by atoms with E-state index in [1.165, 1.54) is 24.0 Å². The normalized spacial score (nSPS) is 45.2. The molecule has 7 aliphatic rings. The largest absolute Gasteiger partial charge is 0.390 e. The second-order valence-corrected chi connectivity index (χ2v) is 11.8. The van der Waals surface area contributed by atoms with Crippen molar-refractivity contribution >= 4 is 6.03 Å². The van der Waals surface area contributed by atoms with Crippen LogP contribution in [-0.4, -0.2) is 50.7 Å². The van der Waals surface area contributed by atoms with Gasteiger partial charge in [-0.15, -0.1) is 0 Å². The number of nitrogens with zero attached hydrogens (tertiary/aromatic N) is 2. The fourth-order valence-electron chi connectivity index (χ4n) is 8.83. The molecule has 166 valence electrons. The van der Waals surface area contributed by atoms with E-state index in [2.05, 4.69) is 39.4 Å². The maximum absolute atomic E-state index is 13.5. The number of urea groups is 1. The van der Waals surface area contributed by atoms with Crippen molar-refractivity contribution in [1.29, 1.82) is 0 Å². The zero-order chi connectivity index (χ0) is 20.7. The summed E-state index contributed by atoms with van der Waals surface area (Å²) in [4.78, 5) is 18.4. The van der Waals surface area contributed by atoms with Crippen LogP contribution in [0.1, 0.15) is 68.9 Å². The summed E-state index contributed by atoms with van der Waals surface area (Å²) in [5.74, 6) is 1.66. The van der Waals surface area contributed by atoms with Crippen molar-refractivity contribution < 1.29 is 9.90 Å². The smallest absolute Gasteiger partial charge is 0.318 e. The molecule has 2 saturated heterocycles. The molecule has 0 radical (unpaired) electrons. The molecule has 6 bridgehead atoms. The molecule has 6 fully saturated rings. The van der Waals surface area contributed by atoms with Crippen molar-refractivity contribution in [1.82, 2.24) is 15.1 Å². The number of amides is 2. The van der Waals surface area contributed by atoms with Crippen LogP contribution in [0.5, 0.6) is 0 Å². The maximum atomic E-state index is 13.5. The van der Waals surface area contributed by atoms with Gasteiger partial charge in [-0.1, -0.05) is 24.3 Å². The van der Waals surface area contributed by atoms with E-state index >= 15 is 0 Å². The van der Waals surface area contributed by atoms with Crippen LogP contribution in [0.4, 0.5) is 4.79 Å². The average molecular weight is 422 g/mol. The van der Waals surface area contributed by atoms with Crippen LogP contribution >= 0.6 is 0 Å². The molecule has 4 aliphatic carbocycles. The molecular weight excluding hydrogens is 386 g/mol. The first-order valence-corrected chi connectivity index (χ1v) is 12.7. The SMILES string of the molecule is O=C(NC1C2CC3CC1CC(O)(C3)C2)N1C2CC[C@H]1CC(N1Cc3ccccc3C1)C2. The number of nitrogens with one attached hydrogen (secondary N) is 1. The molecule has 2 N–H and O–H groups in total. The van der Waals surface area contributed by atoms with Crippen LogP contribution in [0.15, 0.2) is 24.3 Å². The van der Waals surface area contributed by atoms with Gasteiger partial charge in [0.1, 0.15) is 0 Å². The Balaban J connectivity index is 1.02. The first kappa shape index (κ1) is 18.9. The van der Waals surface area contributed by atoms with E-state index in [0.29, 0.717) is 35.9 Å². The summed E-state index contributed by atoms with van der Waals surface area (Å²) < 4.78 is 0. The average Bonchev–Trinajstić information content (AvgIpc) is 3.28. The number of hydrogen-bond acceptors (Lipinski definition) is 3. The Morgan fingerprint density at radius 2 is 1.52 bits per heavy atom. The second kappa shape index (κ2) is 6.71. The second-order valence-electron chi connectivity index (χ2n) is 11.8. The highest BCUT2D eigenvalue weighted by Crippen LogP contribution is 2.55. The lowest BCUT2D eigenvalue weighted by Crippen LogP contribution is -2.64. The van der Waals surface area contributed by atoms with E-state index in [1.54, 1.807) is 0 Å². The first-order valence-electron chi connectivity index (χ1n) is 12.7. The van der Waals surface area contributed by atoms with Crippen molar-refractivity contribution in [3.05, 3.63) is 35.4 Å². The summed E-state index contributed by atoms with van der Waals surface area (Å²) in [6.45, 7) is 2.14. The summed E-state index contributed by atoms with van der Waals surface area (Å²) in [5.41, 5.74) is 2.54. The molecule has 31 heavy (non-hydrogen) atoms. The third kappa shape index (κ3) is 2.99. The number of hydrogen-bond donors (Lipinski definition) is 2. The van der Waals surface area contributed by atoms with E-state index in [-0.39, 0.29) is 12.1 Å². The Labute approximate surface area is 185 Å². The predicted octanol–water partition coefficient (Wildman–Crippen LogP) is 3.65. The molecule has 3 heterocycles. The number of carbonyl (C=O) groups is 1. The fourth-order valence-corrected chi connectivity index (χ4v) is 8.83. The molecule has 4 saturated carbocycles. The molecule has 3 aliphatic heterocycles. The van der Waals surface area contributed by atoms with Crippen LogP contribution in [0.25, 0.3) is 0 Å². The Bertz CT molecular complexity index is 847. The van der Waals surface area contributed by atoms with Crippen LogP contribution in [0.2, 0.25) is 0 Å². The molecule has 2 amide bonds. The molecule has 4 unspecified atom stereocenters. The van der Waals surface area contributed by atoms with E-state index in [1.807, 2.05) is 0 Å². The summed E-state index contributed by atoms with van der Waals surface area (Å²) in [5, 5.41) is 14.4. The molecule has 8 rings (SSSR count). The van der Waals surface area contributed by atoms with Gasteiger partial charge in [0, 0.05) is 37.3 Å². The fraction of sp³-hybridized carbons (Fsp3) is 0.731. The van der Waals surface area contributed by atoms with Gasteiger partial charge in [-0.2, -0.15) is 0 Å². The maximum Gasteiger partial charge on any atom is 0.318 e. The van der Waals surface area contributed by atoms with Crippen LogP contribution in [0, 0.1) is 17.8 Å². The summed E-state index contributed by atoms with van der Waals surface area (Å²) in [6, 6.07) is 10.7. The number of rotatable bonds is 2.